The third-order valence-electron chi connectivity index (χ3n) is 2.97. The number of sulfone groups is 1. The van der Waals surface area contributed by atoms with E-state index in [2.05, 4.69) is 31.9 Å². The first-order valence-corrected chi connectivity index (χ1v) is 8.87. The average Bonchev–Trinajstić information content (AvgIpc) is 2.37. The molecule has 0 aromatic heterocycles. The molecule has 0 bridgehead atoms. The molecule has 0 amide bonds. The van der Waals surface area contributed by atoms with Crippen molar-refractivity contribution in [2.24, 2.45) is 0 Å². The number of alkyl halides is 1. The summed E-state index contributed by atoms with van der Waals surface area (Å²) in [5, 5.41) is 10.4. The van der Waals surface area contributed by atoms with Crippen LogP contribution < -0.4 is 0 Å². The molecule has 0 saturated carbocycles. The Balaban J connectivity index is 3.21. The minimum atomic E-state index is -3.41. The van der Waals surface area contributed by atoms with E-state index in [4.69, 9.17) is 0 Å². The molecule has 2 atom stereocenters. The minimum absolute atomic E-state index is 0.0142. The van der Waals surface area contributed by atoms with Gasteiger partial charge in [0.05, 0.1) is 0 Å². The molecule has 1 rings (SSSR count). The summed E-state index contributed by atoms with van der Waals surface area (Å²) in [6, 6.07) is 6.98. The molecule has 102 valence electrons. The second kappa shape index (κ2) is 6.03. The lowest BCUT2D eigenvalue weighted by atomic mass is 10.1. The van der Waals surface area contributed by atoms with E-state index in [1.54, 1.807) is 38.1 Å². The third-order valence-corrected chi connectivity index (χ3v) is 8.28. The average molecular weight is 400 g/mol. The Morgan fingerprint density at radius 3 is 2.17 bits per heavy atom. The smallest absolute Gasteiger partial charge is 0.168 e. The van der Waals surface area contributed by atoms with Gasteiger partial charge in [0.1, 0.15) is 6.10 Å². The van der Waals surface area contributed by atoms with Gasteiger partial charge in [-0.2, -0.15) is 0 Å². The minimum Gasteiger partial charge on any atom is -0.386 e. The van der Waals surface area contributed by atoms with Gasteiger partial charge in [0.15, 0.2) is 13.5 Å². The maximum absolute atomic E-state index is 12.1. The van der Waals surface area contributed by atoms with Crippen molar-refractivity contribution < 1.29 is 13.5 Å². The molecule has 1 N–H and O–H groups in total. The van der Waals surface area contributed by atoms with E-state index in [0.29, 0.717) is 12.0 Å². The fourth-order valence-electron chi connectivity index (χ4n) is 1.72. The number of aliphatic hydroxyl groups excluding tert-OH is 1. The van der Waals surface area contributed by atoms with E-state index >= 15 is 0 Å². The Hall–Kier alpha value is 0.0900. The zero-order chi connectivity index (χ0) is 14.0. The molecule has 1 aromatic carbocycles. The SMILES string of the molecule is CCC(Br)(C(O)c1ccc(Br)cc1)S(=O)(=O)CC. The molecule has 0 radical (unpaired) electrons. The van der Waals surface area contributed by atoms with Crippen LogP contribution in [0.1, 0.15) is 31.9 Å². The molecule has 3 nitrogen and oxygen atoms in total. The van der Waals surface area contributed by atoms with Crippen molar-refractivity contribution in [1.29, 1.82) is 0 Å². The number of hydrogen-bond donors (Lipinski definition) is 1. The van der Waals surface area contributed by atoms with Gasteiger partial charge in [0.2, 0.25) is 0 Å². The maximum Gasteiger partial charge on any atom is 0.168 e. The lowest BCUT2D eigenvalue weighted by Crippen LogP contribution is -2.39. The van der Waals surface area contributed by atoms with Crippen LogP contribution in [0, 0.1) is 0 Å². The molecule has 0 saturated heterocycles. The van der Waals surface area contributed by atoms with Crippen molar-refractivity contribution in [2.45, 2.75) is 30.0 Å². The summed E-state index contributed by atoms with van der Waals surface area (Å²) in [5.41, 5.74) is 0.578. The zero-order valence-electron chi connectivity index (χ0n) is 10.2. The van der Waals surface area contributed by atoms with E-state index in [1.807, 2.05) is 0 Å². The Labute approximate surface area is 125 Å². The molecule has 0 aliphatic carbocycles. The number of aliphatic hydroxyl groups is 1. The van der Waals surface area contributed by atoms with E-state index < -0.39 is 19.6 Å². The molecule has 0 heterocycles. The summed E-state index contributed by atoms with van der Waals surface area (Å²) in [6.07, 6.45) is -0.805. The number of hydrogen-bond acceptors (Lipinski definition) is 3. The first-order chi connectivity index (χ1) is 8.28. The topological polar surface area (TPSA) is 54.4 Å². The van der Waals surface area contributed by atoms with Crippen molar-refractivity contribution in [3.63, 3.8) is 0 Å². The monoisotopic (exact) mass is 398 g/mol. The van der Waals surface area contributed by atoms with Crippen LogP contribution >= 0.6 is 31.9 Å². The fraction of sp³-hybridized carbons (Fsp3) is 0.500. The van der Waals surface area contributed by atoms with Gasteiger partial charge in [-0.05, 0) is 24.1 Å². The number of benzene rings is 1. The summed E-state index contributed by atoms with van der Waals surface area (Å²) < 4.78 is 23.8. The first kappa shape index (κ1) is 16.1. The van der Waals surface area contributed by atoms with Gasteiger partial charge in [0.25, 0.3) is 0 Å². The fourth-order valence-corrected chi connectivity index (χ4v) is 4.33. The van der Waals surface area contributed by atoms with E-state index in [1.165, 1.54) is 0 Å². The highest BCUT2D eigenvalue weighted by Gasteiger charge is 2.45. The van der Waals surface area contributed by atoms with Crippen LogP contribution in [0.3, 0.4) is 0 Å². The Kier molecular flexibility index (Phi) is 5.41. The largest absolute Gasteiger partial charge is 0.386 e. The van der Waals surface area contributed by atoms with Crippen LogP contribution in [0.15, 0.2) is 28.7 Å². The van der Waals surface area contributed by atoms with Crippen molar-refractivity contribution in [3.8, 4) is 0 Å². The predicted molar refractivity (Wildman–Crippen MR) is 80.5 cm³/mol. The standard InChI is InChI=1S/C12H16Br2O3S/c1-3-12(14,18(16,17)4-2)11(15)9-5-7-10(13)8-6-9/h5-8,11,15H,3-4H2,1-2H3. The lowest BCUT2D eigenvalue weighted by Gasteiger charge is -2.31. The molecule has 18 heavy (non-hydrogen) atoms. The van der Waals surface area contributed by atoms with Crippen molar-refractivity contribution in [3.05, 3.63) is 34.3 Å². The third kappa shape index (κ3) is 2.98. The Morgan fingerprint density at radius 1 is 1.28 bits per heavy atom. The van der Waals surface area contributed by atoms with Crippen LogP contribution in [-0.2, 0) is 9.84 Å². The summed E-state index contributed by atoms with van der Waals surface area (Å²) in [4.78, 5) is 0. The number of rotatable bonds is 5. The van der Waals surface area contributed by atoms with Crippen molar-refractivity contribution in [2.75, 3.05) is 5.75 Å². The molecule has 0 aliphatic rings. The molecule has 2 unspecified atom stereocenters. The van der Waals surface area contributed by atoms with Gasteiger partial charge in [-0.15, -0.1) is 0 Å². The van der Waals surface area contributed by atoms with Gasteiger partial charge in [-0.25, -0.2) is 8.42 Å². The summed E-state index contributed by atoms with van der Waals surface area (Å²) in [6.45, 7) is 3.32. The quantitative estimate of drug-likeness (QED) is 0.771. The van der Waals surface area contributed by atoms with Gasteiger partial charge in [0, 0.05) is 10.2 Å². The van der Waals surface area contributed by atoms with Crippen molar-refractivity contribution >= 4 is 41.7 Å². The Bertz CT molecular complexity index is 499. The van der Waals surface area contributed by atoms with Gasteiger partial charge in [-0.3, -0.25) is 0 Å². The number of halogens is 2. The predicted octanol–water partition coefficient (Wildman–Crippen LogP) is 3.42. The highest BCUT2D eigenvalue weighted by molar-refractivity contribution is 9.11. The maximum atomic E-state index is 12.1. The molecular weight excluding hydrogens is 384 g/mol. The van der Waals surface area contributed by atoms with Crippen LogP contribution in [-0.4, -0.2) is 22.9 Å². The van der Waals surface area contributed by atoms with Crippen LogP contribution in [0.2, 0.25) is 0 Å². The van der Waals surface area contributed by atoms with Gasteiger partial charge >= 0.3 is 0 Å². The van der Waals surface area contributed by atoms with Crippen LogP contribution in [0.25, 0.3) is 0 Å². The second-order valence-electron chi connectivity index (χ2n) is 4.00. The van der Waals surface area contributed by atoms with E-state index in [0.717, 1.165) is 4.47 Å². The van der Waals surface area contributed by atoms with Crippen molar-refractivity contribution in [1.82, 2.24) is 0 Å². The van der Waals surface area contributed by atoms with Gasteiger partial charge < -0.3 is 5.11 Å². The van der Waals surface area contributed by atoms with Crippen LogP contribution in [0.4, 0.5) is 0 Å². The first-order valence-electron chi connectivity index (χ1n) is 5.63. The zero-order valence-corrected chi connectivity index (χ0v) is 14.2. The highest BCUT2D eigenvalue weighted by atomic mass is 79.9. The van der Waals surface area contributed by atoms with E-state index in [-0.39, 0.29) is 5.75 Å². The molecule has 0 spiro atoms. The molecule has 0 aliphatic heterocycles. The molecular formula is C12H16Br2O3S. The highest BCUT2D eigenvalue weighted by Crippen LogP contribution is 2.42. The molecule has 6 heteroatoms. The normalized spacial score (nSPS) is 17.2. The Morgan fingerprint density at radius 2 is 1.78 bits per heavy atom. The van der Waals surface area contributed by atoms with E-state index in [9.17, 15) is 13.5 Å². The summed E-state index contributed by atoms with van der Waals surface area (Å²) in [7, 11) is -3.41. The summed E-state index contributed by atoms with van der Waals surface area (Å²) >= 11 is 6.54. The second-order valence-corrected chi connectivity index (χ2v) is 9.39. The van der Waals surface area contributed by atoms with Gasteiger partial charge in [-0.1, -0.05) is 57.8 Å². The van der Waals surface area contributed by atoms with Crippen LogP contribution in [0.5, 0.6) is 0 Å². The summed E-state index contributed by atoms with van der Waals surface area (Å²) in [5.74, 6) is -0.0142. The molecule has 1 aromatic rings. The molecule has 0 fully saturated rings. The lowest BCUT2D eigenvalue weighted by molar-refractivity contribution is 0.160.